The van der Waals surface area contributed by atoms with Crippen molar-refractivity contribution in [3.63, 3.8) is 0 Å². The zero-order valence-electron chi connectivity index (χ0n) is 11.8. The summed E-state index contributed by atoms with van der Waals surface area (Å²) in [5, 5.41) is 3.48. The standard InChI is InChI=1S/C18H13BO2/c19-13-9-12-10-5-1-3-7-14(10)20-17(12)16-11-6-2-4-8-15(11)21-18(13)16/h1-3,5-7,9H,4,8,19H2. The maximum atomic E-state index is 6.15. The van der Waals surface area contributed by atoms with Crippen molar-refractivity contribution < 1.29 is 8.83 Å². The Labute approximate surface area is 122 Å². The molecule has 2 aromatic carbocycles. The van der Waals surface area contributed by atoms with Gasteiger partial charge < -0.3 is 8.83 Å². The zero-order valence-corrected chi connectivity index (χ0v) is 11.8. The fraction of sp³-hybridized carbons (Fsp3) is 0.111. The van der Waals surface area contributed by atoms with Gasteiger partial charge >= 0.3 is 0 Å². The van der Waals surface area contributed by atoms with Crippen molar-refractivity contribution in [1.82, 2.24) is 0 Å². The highest BCUT2D eigenvalue weighted by molar-refractivity contribution is 6.41. The van der Waals surface area contributed by atoms with Crippen molar-refractivity contribution >= 4 is 52.3 Å². The smallest absolute Gasteiger partial charge is 0.147 e. The first-order valence-corrected chi connectivity index (χ1v) is 7.36. The SMILES string of the molecule is Bc1cc2c3ccccc3oc2c2c3c(oc12)CCC=C3. The third-order valence-electron chi connectivity index (χ3n) is 4.42. The number of para-hydroxylation sites is 1. The number of fused-ring (bicyclic) bond motifs is 7. The molecule has 2 aromatic heterocycles. The fourth-order valence-electron chi connectivity index (χ4n) is 3.45. The highest BCUT2D eigenvalue weighted by atomic mass is 16.3. The molecule has 21 heavy (non-hydrogen) atoms. The van der Waals surface area contributed by atoms with Crippen LogP contribution < -0.4 is 5.46 Å². The molecule has 2 heterocycles. The molecule has 0 N–H and O–H groups in total. The second-order valence-electron chi connectivity index (χ2n) is 5.75. The summed E-state index contributed by atoms with van der Waals surface area (Å²) >= 11 is 0. The molecule has 0 saturated heterocycles. The van der Waals surface area contributed by atoms with Gasteiger partial charge in [0.2, 0.25) is 0 Å². The number of furan rings is 2. The van der Waals surface area contributed by atoms with Crippen LogP contribution in [0.4, 0.5) is 0 Å². The Hall–Kier alpha value is -2.42. The number of allylic oxidation sites excluding steroid dienone is 1. The summed E-state index contributed by atoms with van der Waals surface area (Å²) in [6.45, 7) is 0. The molecule has 0 saturated carbocycles. The topological polar surface area (TPSA) is 26.3 Å². The van der Waals surface area contributed by atoms with E-state index in [2.05, 4.69) is 38.2 Å². The number of benzene rings is 2. The molecule has 0 atom stereocenters. The Morgan fingerprint density at radius 3 is 2.86 bits per heavy atom. The minimum absolute atomic E-state index is 0.939. The summed E-state index contributed by atoms with van der Waals surface area (Å²) in [5.74, 6) is 1.09. The van der Waals surface area contributed by atoms with E-state index in [4.69, 9.17) is 8.83 Å². The Bertz CT molecular complexity index is 1050. The lowest BCUT2D eigenvalue weighted by atomic mass is 9.90. The summed E-state index contributed by atoms with van der Waals surface area (Å²) in [7, 11) is 2.11. The van der Waals surface area contributed by atoms with E-state index in [0.29, 0.717) is 0 Å². The molecule has 0 amide bonds. The van der Waals surface area contributed by atoms with E-state index in [1.54, 1.807) is 0 Å². The molecule has 0 bridgehead atoms. The quantitative estimate of drug-likeness (QED) is 0.457. The Morgan fingerprint density at radius 2 is 1.90 bits per heavy atom. The highest BCUT2D eigenvalue weighted by Crippen LogP contribution is 2.38. The van der Waals surface area contributed by atoms with Crippen LogP contribution in [-0.4, -0.2) is 7.85 Å². The van der Waals surface area contributed by atoms with E-state index in [-0.39, 0.29) is 0 Å². The molecule has 1 aliphatic carbocycles. The highest BCUT2D eigenvalue weighted by Gasteiger charge is 2.21. The first-order chi connectivity index (χ1) is 10.3. The Morgan fingerprint density at radius 1 is 1.00 bits per heavy atom. The average molecular weight is 272 g/mol. The van der Waals surface area contributed by atoms with Gasteiger partial charge in [-0.25, -0.2) is 0 Å². The predicted molar refractivity (Wildman–Crippen MR) is 89.0 cm³/mol. The van der Waals surface area contributed by atoms with Gasteiger partial charge in [0.15, 0.2) is 0 Å². The first-order valence-electron chi connectivity index (χ1n) is 7.36. The van der Waals surface area contributed by atoms with Gasteiger partial charge in [-0.3, -0.25) is 0 Å². The van der Waals surface area contributed by atoms with E-state index in [9.17, 15) is 0 Å². The molecule has 0 fully saturated rings. The van der Waals surface area contributed by atoms with E-state index in [0.717, 1.165) is 40.7 Å². The second kappa shape index (κ2) is 3.82. The molecule has 2 nitrogen and oxygen atoms in total. The molecule has 0 radical (unpaired) electrons. The molecule has 0 aliphatic heterocycles. The largest absolute Gasteiger partial charge is 0.461 e. The summed E-state index contributed by atoms with van der Waals surface area (Å²) in [5.41, 5.74) is 5.23. The van der Waals surface area contributed by atoms with Crippen molar-refractivity contribution in [1.29, 1.82) is 0 Å². The van der Waals surface area contributed by atoms with Gasteiger partial charge in [-0.1, -0.05) is 36.4 Å². The van der Waals surface area contributed by atoms with E-state index in [1.165, 1.54) is 21.8 Å². The molecular weight excluding hydrogens is 259 g/mol. The molecule has 0 unspecified atom stereocenters. The predicted octanol–water partition coefficient (Wildman–Crippen LogP) is 3.55. The number of hydrogen-bond donors (Lipinski definition) is 0. The Kier molecular flexibility index (Phi) is 2.05. The third-order valence-corrected chi connectivity index (χ3v) is 4.42. The van der Waals surface area contributed by atoms with Crippen molar-refractivity contribution in [3.8, 4) is 0 Å². The lowest BCUT2D eigenvalue weighted by Crippen LogP contribution is -2.01. The van der Waals surface area contributed by atoms with E-state index in [1.807, 2.05) is 12.1 Å². The fourth-order valence-corrected chi connectivity index (χ4v) is 3.45. The lowest BCUT2D eigenvalue weighted by Gasteiger charge is -2.01. The van der Waals surface area contributed by atoms with Crippen LogP contribution in [0.25, 0.3) is 39.0 Å². The number of aryl methyl sites for hydroxylation is 1. The summed E-state index contributed by atoms with van der Waals surface area (Å²) in [4.78, 5) is 0. The molecule has 5 rings (SSSR count). The lowest BCUT2D eigenvalue weighted by molar-refractivity contribution is 0.548. The van der Waals surface area contributed by atoms with Crippen LogP contribution in [0.1, 0.15) is 17.7 Å². The monoisotopic (exact) mass is 272 g/mol. The summed E-state index contributed by atoms with van der Waals surface area (Å²) in [6.07, 6.45) is 6.42. The molecule has 4 aromatic rings. The van der Waals surface area contributed by atoms with Crippen LogP contribution in [0, 0.1) is 0 Å². The number of rotatable bonds is 0. The minimum atomic E-state index is 0.939. The first kappa shape index (κ1) is 11.3. The zero-order chi connectivity index (χ0) is 14.0. The number of hydrogen-bond acceptors (Lipinski definition) is 2. The molecule has 1 aliphatic rings. The minimum Gasteiger partial charge on any atom is -0.461 e. The van der Waals surface area contributed by atoms with Crippen molar-refractivity contribution in [2.24, 2.45) is 0 Å². The van der Waals surface area contributed by atoms with Gasteiger partial charge in [-0.2, -0.15) is 0 Å². The van der Waals surface area contributed by atoms with Crippen LogP contribution in [0.2, 0.25) is 0 Å². The van der Waals surface area contributed by atoms with Crippen LogP contribution in [-0.2, 0) is 6.42 Å². The Balaban J connectivity index is 2.08. The molecule has 3 heteroatoms. The van der Waals surface area contributed by atoms with Gasteiger partial charge in [0.05, 0.1) is 5.39 Å². The van der Waals surface area contributed by atoms with Crippen molar-refractivity contribution in [3.05, 3.63) is 47.7 Å². The van der Waals surface area contributed by atoms with Crippen LogP contribution in [0.3, 0.4) is 0 Å². The maximum absolute atomic E-state index is 6.15. The van der Waals surface area contributed by atoms with Gasteiger partial charge in [0, 0.05) is 22.8 Å². The maximum Gasteiger partial charge on any atom is 0.147 e. The third kappa shape index (κ3) is 1.38. The summed E-state index contributed by atoms with van der Waals surface area (Å²) in [6, 6.07) is 10.4. The van der Waals surface area contributed by atoms with Crippen molar-refractivity contribution in [2.45, 2.75) is 12.8 Å². The average Bonchev–Trinajstić information content (AvgIpc) is 3.06. The van der Waals surface area contributed by atoms with Crippen molar-refractivity contribution in [2.75, 3.05) is 0 Å². The normalized spacial score (nSPS) is 14.3. The van der Waals surface area contributed by atoms with Crippen LogP contribution >= 0.6 is 0 Å². The molecular formula is C18H13BO2. The van der Waals surface area contributed by atoms with Gasteiger partial charge in [-0.15, -0.1) is 0 Å². The molecule has 0 spiro atoms. The van der Waals surface area contributed by atoms with Gasteiger partial charge in [-0.05, 0) is 17.9 Å². The van der Waals surface area contributed by atoms with Gasteiger partial charge in [0.1, 0.15) is 30.4 Å². The van der Waals surface area contributed by atoms with E-state index < -0.39 is 0 Å². The van der Waals surface area contributed by atoms with Crippen LogP contribution in [0.5, 0.6) is 0 Å². The van der Waals surface area contributed by atoms with E-state index >= 15 is 0 Å². The molecule has 100 valence electrons. The van der Waals surface area contributed by atoms with Gasteiger partial charge in [0.25, 0.3) is 0 Å². The van der Waals surface area contributed by atoms with Crippen LogP contribution in [0.15, 0.2) is 45.2 Å². The summed E-state index contributed by atoms with van der Waals surface area (Å²) < 4.78 is 12.3. The second-order valence-corrected chi connectivity index (χ2v) is 5.75.